The van der Waals surface area contributed by atoms with Crippen LogP contribution in [-0.2, 0) is 4.74 Å². The van der Waals surface area contributed by atoms with Crippen molar-refractivity contribution in [3.63, 3.8) is 0 Å². The Morgan fingerprint density at radius 3 is 2.53 bits per heavy atom. The van der Waals surface area contributed by atoms with Crippen molar-refractivity contribution in [3.05, 3.63) is 0 Å². The second-order valence-electron chi connectivity index (χ2n) is 5.32. The average Bonchev–Trinajstić information content (AvgIpc) is 2.28. The van der Waals surface area contributed by atoms with E-state index >= 15 is 0 Å². The molecule has 1 aliphatic carbocycles. The largest absolute Gasteiger partial charge is 0.363 e. The lowest BCUT2D eigenvalue weighted by molar-refractivity contribution is -0.0209. The molecule has 0 bridgehead atoms. The Labute approximate surface area is 93.8 Å². The van der Waals surface area contributed by atoms with Crippen LogP contribution in [0.3, 0.4) is 0 Å². The van der Waals surface area contributed by atoms with Crippen LogP contribution in [0.2, 0.25) is 0 Å². The average molecular weight is 211 g/mol. The van der Waals surface area contributed by atoms with Gasteiger partial charge in [-0.3, -0.25) is 5.32 Å². The van der Waals surface area contributed by atoms with Gasteiger partial charge in [0.15, 0.2) is 0 Å². The minimum absolute atomic E-state index is 0.343. The van der Waals surface area contributed by atoms with Gasteiger partial charge in [-0.1, -0.05) is 19.3 Å². The molecule has 1 N–H and O–H groups in total. The molecular formula is C13H25NO. The van der Waals surface area contributed by atoms with Gasteiger partial charge in [0.25, 0.3) is 0 Å². The summed E-state index contributed by atoms with van der Waals surface area (Å²) in [6.45, 7) is 3.25. The molecule has 2 fully saturated rings. The van der Waals surface area contributed by atoms with Crippen molar-refractivity contribution in [3.8, 4) is 0 Å². The van der Waals surface area contributed by atoms with Crippen LogP contribution in [0.1, 0.15) is 58.3 Å². The fourth-order valence-electron chi connectivity index (χ4n) is 2.83. The highest BCUT2D eigenvalue weighted by Crippen LogP contribution is 2.24. The molecular weight excluding hydrogens is 186 g/mol. The van der Waals surface area contributed by atoms with Gasteiger partial charge in [-0.2, -0.15) is 0 Å². The monoisotopic (exact) mass is 211 g/mol. The third kappa shape index (κ3) is 3.76. The van der Waals surface area contributed by atoms with Crippen LogP contribution in [0.4, 0.5) is 0 Å². The predicted molar refractivity (Wildman–Crippen MR) is 62.8 cm³/mol. The summed E-state index contributed by atoms with van der Waals surface area (Å²) in [6.07, 6.45) is 11.2. The van der Waals surface area contributed by atoms with Gasteiger partial charge in [-0.25, -0.2) is 0 Å². The van der Waals surface area contributed by atoms with E-state index in [0.29, 0.717) is 12.3 Å². The third-order valence-corrected chi connectivity index (χ3v) is 3.83. The molecule has 1 saturated carbocycles. The van der Waals surface area contributed by atoms with Crippen molar-refractivity contribution in [2.75, 3.05) is 6.61 Å². The van der Waals surface area contributed by atoms with Gasteiger partial charge in [-0.15, -0.1) is 0 Å². The molecule has 88 valence electrons. The molecule has 2 aliphatic rings. The summed E-state index contributed by atoms with van der Waals surface area (Å²) in [6, 6.07) is 0.648. The standard InChI is InChI=1S/C13H25NO/c1-11-6-5-9-13(14-11)15-10-12-7-3-2-4-8-12/h11-14H,2-10H2,1H3. The second kappa shape index (κ2) is 5.86. The first-order chi connectivity index (χ1) is 7.34. The van der Waals surface area contributed by atoms with E-state index in [9.17, 15) is 0 Å². The van der Waals surface area contributed by atoms with E-state index in [1.807, 2.05) is 0 Å². The molecule has 0 amide bonds. The van der Waals surface area contributed by atoms with Gasteiger partial charge in [-0.05, 0) is 44.9 Å². The first kappa shape index (κ1) is 11.4. The second-order valence-corrected chi connectivity index (χ2v) is 5.32. The molecule has 1 heterocycles. The van der Waals surface area contributed by atoms with Gasteiger partial charge in [0.1, 0.15) is 6.23 Å². The maximum absolute atomic E-state index is 5.98. The molecule has 0 radical (unpaired) electrons. The minimum Gasteiger partial charge on any atom is -0.363 e. The number of hydrogen-bond donors (Lipinski definition) is 1. The zero-order valence-electron chi connectivity index (χ0n) is 10.0. The van der Waals surface area contributed by atoms with Gasteiger partial charge >= 0.3 is 0 Å². The summed E-state index contributed by atoms with van der Waals surface area (Å²) >= 11 is 0. The molecule has 0 aromatic heterocycles. The van der Waals surface area contributed by atoms with E-state index in [1.165, 1.54) is 51.4 Å². The molecule has 2 atom stereocenters. The Hall–Kier alpha value is -0.0800. The van der Waals surface area contributed by atoms with E-state index in [-0.39, 0.29) is 0 Å². The Kier molecular flexibility index (Phi) is 4.45. The Morgan fingerprint density at radius 2 is 1.80 bits per heavy atom. The normalized spacial score (nSPS) is 34.2. The highest BCUT2D eigenvalue weighted by molar-refractivity contribution is 4.72. The van der Waals surface area contributed by atoms with Gasteiger partial charge in [0, 0.05) is 6.04 Å². The molecule has 1 aliphatic heterocycles. The number of ether oxygens (including phenoxy) is 1. The lowest BCUT2D eigenvalue weighted by atomic mass is 9.90. The highest BCUT2D eigenvalue weighted by Gasteiger charge is 2.20. The minimum atomic E-state index is 0.343. The van der Waals surface area contributed by atoms with Crippen molar-refractivity contribution < 1.29 is 4.74 Å². The van der Waals surface area contributed by atoms with Crippen molar-refractivity contribution in [1.82, 2.24) is 5.32 Å². The van der Waals surface area contributed by atoms with Crippen molar-refractivity contribution in [2.45, 2.75) is 70.6 Å². The van der Waals surface area contributed by atoms with Crippen LogP contribution in [0.25, 0.3) is 0 Å². The van der Waals surface area contributed by atoms with Crippen molar-refractivity contribution in [2.24, 2.45) is 5.92 Å². The number of nitrogens with one attached hydrogen (secondary N) is 1. The highest BCUT2D eigenvalue weighted by atomic mass is 16.5. The fourth-order valence-corrected chi connectivity index (χ4v) is 2.83. The van der Waals surface area contributed by atoms with Crippen LogP contribution in [0.15, 0.2) is 0 Å². The topological polar surface area (TPSA) is 21.3 Å². The summed E-state index contributed by atoms with van der Waals surface area (Å²) < 4.78 is 5.98. The van der Waals surface area contributed by atoms with Crippen LogP contribution in [-0.4, -0.2) is 18.9 Å². The maximum atomic E-state index is 5.98. The van der Waals surface area contributed by atoms with Gasteiger partial charge in [0.05, 0.1) is 6.61 Å². The number of hydrogen-bond acceptors (Lipinski definition) is 2. The summed E-state index contributed by atoms with van der Waals surface area (Å²) in [5.74, 6) is 0.845. The molecule has 2 nitrogen and oxygen atoms in total. The van der Waals surface area contributed by atoms with E-state index in [1.54, 1.807) is 0 Å². The van der Waals surface area contributed by atoms with E-state index in [4.69, 9.17) is 4.74 Å². The Balaban J connectivity index is 1.63. The first-order valence-corrected chi connectivity index (χ1v) is 6.72. The lowest BCUT2D eigenvalue weighted by Gasteiger charge is -2.31. The first-order valence-electron chi connectivity index (χ1n) is 6.72. The quantitative estimate of drug-likeness (QED) is 0.774. The van der Waals surface area contributed by atoms with Gasteiger partial charge < -0.3 is 4.74 Å². The summed E-state index contributed by atoms with van der Waals surface area (Å²) in [5, 5.41) is 3.53. The van der Waals surface area contributed by atoms with Crippen LogP contribution >= 0.6 is 0 Å². The lowest BCUT2D eigenvalue weighted by Crippen LogP contribution is -2.42. The third-order valence-electron chi connectivity index (χ3n) is 3.83. The zero-order chi connectivity index (χ0) is 10.5. The SMILES string of the molecule is CC1CCCC(OCC2CCCCC2)N1. The van der Waals surface area contributed by atoms with Crippen molar-refractivity contribution in [1.29, 1.82) is 0 Å². The molecule has 2 unspecified atom stereocenters. The fraction of sp³-hybridized carbons (Fsp3) is 1.00. The maximum Gasteiger partial charge on any atom is 0.108 e. The molecule has 15 heavy (non-hydrogen) atoms. The summed E-state index contributed by atoms with van der Waals surface area (Å²) in [7, 11) is 0. The Morgan fingerprint density at radius 1 is 1.00 bits per heavy atom. The molecule has 0 aromatic rings. The molecule has 0 aromatic carbocycles. The molecule has 0 spiro atoms. The summed E-state index contributed by atoms with van der Waals surface area (Å²) in [4.78, 5) is 0. The van der Waals surface area contributed by atoms with Crippen LogP contribution in [0, 0.1) is 5.92 Å². The molecule has 2 rings (SSSR count). The van der Waals surface area contributed by atoms with E-state index in [0.717, 1.165) is 12.5 Å². The number of piperidine rings is 1. The smallest absolute Gasteiger partial charge is 0.108 e. The van der Waals surface area contributed by atoms with E-state index < -0.39 is 0 Å². The molecule has 2 heteroatoms. The van der Waals surface area contributed by atoms with Crippen molar-refractivity contribution >= 4 is 0 Å². The Bertz CT molecular complexity index is 177. The van der Waals surface area contributed by atoms with Crippen LogP contribution in [0.5, 0.6) is 0 Å². The zero-order valence-corrected chi connectivity index (χ0v) is 10.0. The van der Waals surface area contributed by atoms with Crippen LogP contribution < -0.4 is 5.32 Å². The van der Waals surface area contributed by atoms with Gasteiger partial charge in [0.2, 0.25) is 0 Å². The molecule has 1 saturated heterocycles. The van der Waals surface area contributed by atoms with E-state index in [2.05, 4.69) is 12.2 Å². The predicted octanol–water partition coefficient (Wildman–Crippen LogP) is 3.07. The summed E-state index contributed by atoms with van der Waals surface area (Å²) in [5.41, 5.74) is 0. The number of rotatable bonds is 3.